The Morgan fingerprint density at radius 1 is 1.42 bits per heavy atom. The van der Waals surface area contributed by atoms with Gasteiger partial charge in [0.25, 0.3) is 0 Å². The van der Waals surface area contributed by atoms with Crippen molar-refractivity contribution in [1.82, 2.24) is 10.2 Å². The van der Waals surface area contributed by atoms with Crippen molar-refractivity contribution in [2.45, 2.75) is 0 Å². The molecule has 0 bridgehead atoms. The molecule has 2 heterocycles. The number of carboxylic acids is 1. The summed E-state index contributed by atoms with van der Waals surface area (Å²) in [7, 11) is 1.50. The van der Waals surface area contributed by atoms with E-state index in [1.807, 2.05) is 0 Å². The predicted molar refractivity (Wildman–Crippen MR) is 63.7 cm³/mol. The third-order valence-electron chi connectivity index (χ3n) is 2.83. The number of hydrogen-bond donors (Lipinski definition) is 2. The highest BCUT2D eigenvalue weighted by Gasteiger charge is 2.22. The second-order valence-corrected chi connectivity index (χ2v) is 3.87. The van der Waals surface area contributed by atoms with Crippen LogP contribution in [0.4, 0.5) is 0 Å². The number of hydrogen-bond acceptors (Lipinski definition) is 5. The monoisotopic (exact) mass is 262 g/mol. The van der Waals surface area contributed by atoms with E-state index in [2.05, 4.69) is 10.2 Å². The van der Waals surface area contributed by atoms with E-state index in [1.165, 1.54) is 13.3 Å². The molecule has 2 aromatic rings. The van der Waals surface area contributed by atoms with Gasteiger partial charge in [0.15, 0.2) is 11.5 Å². The quantitative estimate of drug-likeness (QED) is 0.870. The van der Waals surface area contributed by atoms with E-state index in [0.29, 0.717) is 28.5 Å². The van der Waals surface area contributed by atoms with E-state index >= 15 is 0 Å². The molecule has 1 aromatic carbocycles. The van der Waals surface area contributed by atoms with Crippen molar-refractivity contribution in [2.24, 2.45) is 0 Å². The Morgan fingerprint density at radius 3 is 2.84 bits per heavy atom. The van der Waals surface area contributed by atoms with Gasteiger partial charge in [0.1, 0.15) is 11.3 Å². The van der Waals surface area contributed by atoms with Crippen molar-refractivity contribution in [3.63, 3.8) is 0 Å². The van der Waals surface area contributed by atoms with Crippen molar-refractivity contribution >= 4 is 5.97 Å². The zero-order valence-electron chi connectivity index (χ0n) is 9.97. The molecule has 0 unspecified atom stereocenters. The number of methoxy groups -OCH3 is 1. The third kappa shape index (κ3) is 1.75. The maximum atomic E-state index is 11.1. The molecule has 0 fully saturated rings. The second kappa shape index (κ2) is 4.20. The van der Waals surface area contributed by atoms with Crippen LogP contribution >= 0.6 is 0 Å². The van der Waals surface area contributed by atoms with Crippen LogP contribution < -0.4 is 14.2 Å². The minimum Gasteiger partial charge on any atom is -0.496 e. The van der Waals surface area contributed by atoms with Crippen LogP contribution in [0, 0.1) is 0 Å². The second-order valence-electron chi connectivity index (χ2n) is 3.87. The topological polar surface area (TPSA) is 93.7 Å². The van der Waals surface area contributed by atoms with E-state index in [0.717, 1.165) is 0 Å². The van der Waals surface area contributed by atoms with E-state index in [1.54, 1.807) is 12.1 Å². The number of rotatable bonds is 3. The van der Waals surface area contributed by atoms with Gasteiger partial charge in [0.2, 0.25) is 6.79 Å². The summed E-state index contributed by atoms with van der Waals surface area (Å²) in [4.78, 5) is 11.1. The number of carbonyl (C=O) groups is 1. The lowest BCUT2D eigenvalue weighted by atomic mass is 10.1. The van der Waals surface area contributed by atoms with Gasteiger partial charge in [-0.15, -0.1) is 0 Å². The minimum absolute atomic E-state index is 0.0668. The van der Waals surface area contributed by atoms with Crippen molar-refractivity contribution in [1.29, 1.82) is 0 Å². The average Bonchev–Trinajstić information content (AvgIpc) is 3.05. The van der Waals surface area contributed by atoms with Crippen LogP contribution in [0.5, 0.6) is 17.2 Å². The number of ether oxygens (including phenoxy) is 3. The molecule has 7 heteroatoms. The summed E-state index contributed by atoms with van der Waals surface area (Å²) in [6.07, 6.45) is 1.25. The number of nitrogens with zero attached hydrogens (tertiary/aromatic N) is 1. The molecule has 0 saturated carbocycles. The van der Waals surface area contributed by atoms with Crippen molar-refractivity contribution in [2.75, 3.05) is 13.9 Å². The summed E-state index contributed by atoms with van der Waals surface area (Å²) in [5.74, 6) is 0.526. The fraction of sp³-hybridized carbons (Fsp3) is 0.167. The van der Waals surface area contributed by atoms with Gasteiger partial charge in [-0.05, 0) is 6.07 Å². The first-order valence-electron chi connectivity index (χ1n) is 5.45. The Balaban J connectivity index is 2.19. The number of nitrogens with one attached hydrogen (secondary N) is 1. The molecule has 1 aliphatic rings. The third-order valence-corrected chi connectivity index (χ3v) is 2.83. The zero-order chi connectivity index (χ0) is 13.4. The zero-order valence-corrected chi connectivity index (χ0v) is 9.97. The van der Waals surface area contributed by atoms with Gasteiger partial charge < -0.3 is 19.3 Å². The van der Waals surface area contributed by atoms with Gasteiger partial charge in [-0.25, -0.2) is 4.79 Å². The normalized spacial score (nSPS) is 12.5. The van der Waals surface area contributed by atoms with Crippen LogP contribution in [0.2, 0.25) is 0 Å². The van der Waals surface area contributed by atoms with E-state index < -0.39 is 5.97 Å². The van der Waals surface area contributed by atoms with E-state index in [4.69, 9.17) is 19.3 Å². The maximum absolute atomic E-state index is 11.1. The van der Waals surface area contributed by atoms with Crippen molar-refractivity contribution in [3.05, 3.63) is 23.9 Å². The molecule has 0 aliphatic carbocycles. The fourth-order valence-electron chi connectivity index (χ4n) is 1.94. The Kier molecular flexibility index (Phi) is 2.52. The summed E-state index contributed by atoms with van der Waals surface area (Å²) in [5.41, 5.74) is 0.987. The molecule has 0 amide bonds. The van der Waals surface area contributed by atoms with Gasteiger partial charge in [-0.2, -0.15) is 5.10 Å². The molecule has 3 rings (SSSR count). The van der Waals surface area contributed by atoms with Gasteiger partial charge in [-0.3, -0.25) is 5.10 Å². The van der Waals surface area contributed by atoms with Crippen LogP contribution in [-0.2, 0) is 0 Å². The molecule has 0 atom stereocenters. The summed E-state index contributed by atoms with van der Waals surface area (Å²) < 4.78 is 15.8. The van der Waals surface area contributed by atoms with Gasteiger partial charge in [0, 0.05) is 11.6 Å². The van der Waals surface area contributed by atoms with Gasteiger partial charge in [-0.1, -0.05) is 0 Å². The minimum atomic E-state index is -1.07. The predicted octanol–water partition coefficient (Wildman–Crippen LogP) is 1.51. The molecule has 1 aliphatic heterocycles. The van der Waals surface area contributed by atoms with Gasteiger partial charge in [0.05, 0.1) is 19.0 Å². The molecule has 0 radical (unpaired) electrons. The first-order chi connectivity index (χ1) is 9.20. The van der Waals surface area contributed by atoms with Crippen LogP contribution in [0.1, 0.15) is 10.4 Å². The largest absolute Gasteiger partial charge is 0.496 e. The molecule has 0 spiro atoms. The van der Waals surface area contributed by atoms with Crippen LogP contribution in [-0.4, -0.2) is 35.2 Å². The average molecular weight is 262 g/mol. The highest BCUT2D eigenvalue weighted by Crippen LogP contribution is 2.42. The Bertz CT molecular complexity index is 650. The summed E-state index contributed by atoms with van der Waals surface area (Å²) in [5, 5.41) is 15.5. The number of aromatic nitrogens is 2. The highest BCUT2D eigenvalue weighted by molar-refractivity contribution is 5.95. The Hall–Kier alpha value is -2.70. The summed E-state index contributed by atoms with van der Waals surface area (Å²) in [6.45, 7) is 0.136. The molecule has 1 aromatic heterocycles. The summed E-state index contributed by atoms with van der Waals surface area (Å²) in [6, 6.07) is 3.32. The smallest absolute Gasteiger partial charge is 0.339 e. The number of aromatic carboxylic acids is 1. The lowest BCUT2D eigenvalue weighted by molar-refractivity contribution is 0.0698. The summed E-state index contributed by atoms with van der Waals surface area (Å²) >= 11 is 0. The maximum Gasteiger partial charge on any atom is 0.339 e. The highest BCUT2D eigenvalue weighted by atomic mass is 16.7. The first-order valence-corrected chi connectivity index (χ1v) is 5.45. The van der Waals surface area contributed by atoms with Gasteiger partial charge >= 0.3 is 5.97 Å². The number of aromatic amines is 1. The van der Waals surface area contributed by atoms with Crippen LogP contribution in [0.15, 0.2) is 18.3 Å². The van der Waals surface area contributed by atoms with E-state index in [-0.39, 0.29) is 12.4 Å². The number of carboxylic acid groups (broad SMARTS) is 1. The Labute approximate surface area is 107 Å². The molecular weight excluding hydrogens is 252 g/mol. The number of benzene rings is 1. The molecule has 0 saturated heterocycles. The molecular formula is C12H10N2O5. The lowest BCUT2D eigenvalue weighted by Gasteiger charge is -2.09. The molecule has 2 N–H and O–H groups in total. The van der Waals surface area contributed by atoms with Crippen molar-refractivity contribution < 1.29 is 24.1 Å². The molecule has 98 valence electrons. The molecule has 19 heavy (non-hydrogen) atoms. The number of H-pyrrole nitrogens is 1. The fourth-order valence-corrected chi connectivity index (χ4v) is 1.94. The number of fused-ring (bicyclic) bond motifs is 1. The van der Waals surface area contributed by atoms with Crippen LogP contribution in [0.3, 0.4) is 0 Å². The molecule has 7 nitrogen and oxygen atoms in total. The van der Waals surface area contributed by atoms with E-state index in [9.17, 15) is 4.79 Å². The van der Waals surface area contributed by atoms with Crippen molar-refractivity contribution in [3.8, 4) is 28.5 Å². The first kappa shape index (κ1) is 11.4. The Morgan fingerprint density at radius 2 is 2.16 bits per heavy atom. The SMILES string of the molecule is COc1cc2c(cc1-c1[nH]ncc1C(=O)O)OCO2. The lowest BCUT2D eigenvalue weighted by Crippen LogP contribution is -1.98. The standard InChI is InChI=1S/C12H10N2O5/c1-17-8-3-10-9(18-5-19-10)2-6(8)11-7(12(15)16)4-13-14-11/h2-4H,5H2,1H3,(H,13,14)(H,15,16). The van der Waals surface area contributed by atoms with Crippen LogP contribution in [0.25, 0.3) is 11.3 Å².